The molecule has 4 aromatic rings. The molecule has 0 bridgehead atoms. The van der Waals surface area contributed by atoms with Crippen LogP contribution in [0.15, 0.2) is 63.7 Å². The molecule has 0 aliphatic heterocycles. The highest BCUT2D eigenvalue weighted by Gasteiger charge is 2.13. The minimum Gasteiger partial charge on any atom is -0.444 e. The first-order chi connectivity index (χ1) is 12.7. The van der Waals surface area contributed by atoms with Crippen LogP contribution in [0.25, 0.3) is 22.8 Å². The fourth-order valence-corrected chi connectivity index (χ4v) is 2.47. The molecule has 2 aromatic heterocycles. The molecule has 0 amide bonds. The predicted molar refractivity (Wildman–Crippen MR) is 91.0 cm³/mol. The molecule has 26 heavy (non-hydrogen) atoms. The summed E-state index contributed by atoms with van der Waals surface area (Å²) in [5, 5.41) is 4.36. The standard InChI is InChI=1S/C18H11ClFN3O3/c19-15-4-2-1-3-14(15)16-22-18(26-23-16)25-10-13-9-24-17(21-13)11-5-7-12(20)8-6-11/h1-9H,10H2. The van der Waals surface area contributed by atoms with Crippen LogP contribution in [0.2, 0.25) is 5.02 Å². The van der Waals surface area contributed by atoms with Gasteiger partial charge in [-0.1, -0.05) is 28.9 Å². The zero-order valence-corrected chi connectivity index (χ0v) is 14.0. The largest absolute Gasteiger partial charge is 0.444 e. The third-order valence-corrected chi connectivity index (χ3v) is 3.84. The van der Waals surface area contributed by atoms with Gasteiger partial charge in [0.25, 0.3) is 0 Å². The van der Waals surface area contributed by atoms with Crippen LogP contribution in [0.3, 0.4) is 0 Å². The third-order valence-electron chi connectivity index (χ3n) is 3.51. The molecule has 2 heterocycles. The molecule has 0 saturated heterocycles. The van der Waals surface area contributed by atoms with Gasteiger partial charge in [0, 0.05) is 11.1 Å². The van der Waals surface area contributed by atoms with E-state index in [0.717, 1.165) is 0 Å². The first-order valence-corrected chi connectivity index (χ1v) is 7.98. The Morgan fingerprint density at radius 1 is 1.04 bits per heavy atom. The molecule has 0 spiro atoms. The third kappa shape index (κ3) is 3.43. The average Bonchev–Trinajstić information content (AvgIpc) is 3.30. The Morgan fingerprint density at radius 2 is 1.85 bits per heavy atom. The van der Waals surface area contributed by atoms with Gasteiger partial charge in [0.1, 0.15) is 24.4 Å². The molecule has 0 saturated carbocycles. The van der Waals surface area contributed by atoms with Gasteiger partial charge in [-0.05, 0) is 36.4 Å². The van der Waals surface area contributed by atoms with Crippen LogP contribution in [0.5, 0.6) is 6.08 Å². The Labute approximate surface area is 152 Å². The highest BCUT2D eigenvalue weighted by atomic mass is 35.5. The number of oxazole rings is 1. The number of benzene rings is 2. The molecule has 2 aromatic carbocycles. The first kappa shape index (κ1) is 16.3. The maximum atomic E-state index is 13.0. The Morgan fingerprint density at radius 3 is 2.65 bits per heavy atom. The van der Waals surface area contributed by atoms with Crippen molar-refractivity contribution in [3.63, 3.8) is 0 Å². The summed E-state index contributed by atoms with van der Waals surface area (Å²) >= 11 is 6.10. The molecule has 0 atom stereocenters. The second-order valence-corrected chi connectivity index (χ2v) is 5.71. The van der Waals surface area contributed by atoms with Crippen molar-refractivity contribution in [1.29, 1.82) is 0 Å². The molecule has 6 nitrogen and oxygen atoms in total. The zero-order valence-electron chi connectivity index (χ0n) is 13.2. The summed E-state index contributed by atoms with van der Waals surface area (Å²) in [4.78, 5) is 8.43. The van der Waals surface area contributed by atoms with Crippen LogP contribution in [0, 0.1) is 5.82 Å². The summed E-state index contributed by atoms with van der Waals surface area (Å²) in [5.74, 6) is 0.373. The topological polar surface area (TPSA) is 74.2 Å². The van der Waals surface area contributed by atoms with E-state index in [2.05, 4.69) is 15.1 Å². The first-order valence-electron chi connectivity index (χ1n) is 7.61. The fraction of sp³-hybridized carbons (Fsp3) is 0.0556. The minimum atomic E-state index is -0.324. The van der Waals surface area contributed by atoms with E-state index in [9.17, 15) is 4.39 Å². The quantitative estimate of drug-likeness (QED) is 0.503. The summed E-state index contributed by atoms with van der Waals surface area (Å²) in [6, 6.07) is 13.0. The highest BCUT2D eigenvalue weighted by Crippen LogP contribution is 2.26. The van der Waals surface area contributed by atoms with Crippen molar-refractivity contribution in [3.05, 3.63) is 71.3 Å². The summed E-state index contributed by atoms with van der Waals surface area (Å²) in [6.07, 6.45) is 1.44. The normalized spacial score (nSPS) is 10.8. The molecule has 0 unspecified atom stereocenters. The van der Waals surface area contributed by atoms with Gasteiger partial charge < -0.3 is 9.15 Å². The van der Waals surface area contributed by atoms with Crippen LogP contribution in [0.1, 0.15) is 5.69 Å². The fourth-order valence-electron chi connectivity index (χ4n) is 2.25. The molecule has 0 fully saturated rings. The molecule has 0 radical (unpaired) electrons. The van der Waals surface area contributed by atoms with Crippen LogP contribution in [0.4, 0.5) is 4.39 Å². The summed E-state index contributed by atoms with van der Waals surface area (Å²) in [6.45, 7) is 0.0782. The van der Waals surface area contributed by atoms with Crippen molar-refractivity contribution in [2.75, 3.05) is 0 Å². The smallest absolute Gasteiger partial charge is 0.418 e. The van der Waals surface area contributed by atoms with E-state index in [1.54, 1.807) is 24.3 Å². The number of hydrogen-bond donors (Lipinski definition) is 0. The van der Waals surface area contributed by atoms with Crippen LogP contribution in [-0.2, 0) is 6.61 Å². The highest BCUT2D eigenvalue weighted by molar-refractivity contribution is 6.33. The molecular formula is C18H11ClFN3O3. The second-order valence-electron chi connectivity index (χ2n) is 5.30. The van der Waals surface area contributed by atoms with E-state index < -0.39 is 0 Å². The van der Waals surface area contributed by atoms with Crippen LogP contribution < -0.4 is 4.74 Å². The molecule has 4 rings (SSSR count). The van der Waals surface area contributed by atoms with Gasteiger partial charge in [-0.3, -0.25) is 4.52 Å². The maximum Gasteiger partial charge on any atom is 0.418 e. The van der Waals surface area contributed by atoms with Crippen LogP contribution in [-0.4, -0.2) is 15.1 Å². The molecular weight excluding hydrogens is 361 g/mol. The second kappa shape index (κ2) is 6.97. The van der Waals surface area contributed by atoms with E-state index in [1.807, 2.05) is 12.1 Å². The van der Waals surface area contributed by atoms with Crippen molar-refractivity contribution in [3.8, 4) is 28.9 Å². The van der Waals surface area contributed by atoms with E-state index in [1.165, 1.54) is 18.4 Å². The summed E-state index contributed by atoms with van der Waals surface area (Å²) in [5.41, 5.74) is 1.84. The number of aromatic nitrogens is 3. The lowest BCUT2D eigenvalue weighted by atomic mass is 10.2. The van der Waals surface area contributed by atoms with Gasteiger partial charge >= 0.3 is 6.08 Å². The molecule has 0 aliphatic rings. The number of nitrogens with zero attached hydrogens (tertiary/aromatic N) is 3. The SMILES string of the molecule is Fc1ccc(-c2nc(COc3nc(-c4ccccc4Cl)no3)co2)cc1. The van der Waals surface area contributed by atoms with Crippen molar-refractivity contribution in [2.24, 2.45) is 0 Å². The Balaban J connectivity index is 1.44. The van der Waals surface area contributed by atoms with Crippen molar-refractivity contribution >= 4 is 11.6 Å². The lowest BCUT2D eigenvalue weighted by Crippen LogP contribution is -1.96. The maximum absolute atomic E-state index is 13.0. The van der Waals surface area contributed by atoms with E-state index in [0.29, 0.717) is 33.6 Å². The Bertz CT molecular complexity index is 1030. The number of ether oxygens (including phenoxy) is 1. The van der Waals surface area contributed by atoms with Crippen molar-refractivity contribution in [1.82, 2.24) is 15.1 Å². The lowest BCUT2D eigenvalue weighted by Gasteiger charge is -1.97. The van der Waals surface area contributed by atoms with Gasteiger partial charge in [0.15, 0.2) is 0 Å². The predicted octanol–water partition coefficient (Wildman–Crippen LogP) is 4.76. The van der Waals surface area contributed by atoms with Crippen molar-refractivity contribution < 1.29 is 18.1 Å². The Hall–Kier alpha value is -3.19. The van der Waals surface area contributed by atoms with Gasteiger partial charge in [-0.2, -0.15) is 4.98 Å². The average molecular weight is 372 g/mol. The molecule has 8 heteroatoms. The van der Waals surface area contributed by atoms with Crippen molar-refractivity contribution in [2.45, 2.75) is 6.61 Å². The minimum absolute atomic E-state index is 0.00810. The Kier molecular flexibility index (Phi) is 4.37. The monoisotopic (exact) mass is 371 g/mol. The summed E-state index contributed by atoms with van der Waals surface area (Å²) < 4.78 is 28.8. The summed E-state index contributed by atoms with van der Waals surface area (Å²) in [7, 11) is 0. The molecule has 130 valence electrons. The van der Waals surface area contributed by atoms with E-state index in [-0.39, 0.29) is 18.5 Å². The molecule has 0 aliphatic carbocycles. The van der Waals surface area contributed by atoms with Gasteiger partial charge in [-0.25, -0.2) is 9.37 Å². The zero-order chi connectivity index (χ0) is 17.9. The number of halogens is 2. The number of rotatable bonds is 5. The number of hydrogen-bond acceptors (Lipinski definition) is 6. The van der Waals surface area contributed by atoms with Gasteiger partial charge in [-0.15, -0.1) is 0 Å². The van der Waals surface area contributed by atoms with E-state index in [4.69, 9.17) is 25.3 Å². The van der Waals surface area contributed by atoms with Crippen LogP contribution >= 0.6 is 11.6 Å². The van der Waals surface area contributed by atoms with Gasteiger partial charge in [0.2, 0.25) is 11.7 Å². The molecule has 0 N–H and O–H groups in total. The van der Waals surface area contributed by atoms with E-state index >= 15 is 0 Å². The lowest BCUT2D eigenvalue weighted by molar-refractivity contribution is 0.193. The van der Waals surface area contributed by atoms with Gasteiger partial charge in [0.05, 0.1) is 5.02 Å².